The molecule has 0 aliphatic carbocycles. The molecule has 7 aromatic rings. The Morgan fingerprint density at radius 1 is 0.556 bits per heavy atom. The van der Waals surface area contributed by atoms with Gasteiger partial charge in [-0.05, 0) is 28.8 Å². The smallest absolute Gasteiger partial charge is 0.410 e. The number of Topliss-reactive ketones (excluding diaryl/α,β-unsaturated/α-hetero) is 1. The second-order valence-electron chi connectivity index (χ2n) is 24.3. The van der Waals surface area contributed by atoms with Gasteiger partial charge in [0, 0.05) is 176 Å². The highest BCUT2D eigenvalue weighted by Gasteiger charge is 2.25. The van der Waals surface area contributed by atoms with Crippen molar-refractivity contribution in [2.75, 3.05) is 151 Å². The number of aliphatic hydroxyl groups excluding tert-OH is 1. The van der Waals surface area contributed by atoms with Crippen LogP contribution in [-0.4, -0.2) is 256 Å². The first-order valence-corrected chi connectivity index (χ1v) is 36.9. The van der Waals surface area contributed by atoms with Gasteiger partial charge in [-0.1, -0.05) is 128 Å². The lowest BCUT2D eigenvalue weighted by molar-refractivity contribution is -0.121. The minimum atomic E-state index is -0.332. The summed E-state index contributed by atoms with van der Waals surface area (Å²) in [5, 5.41) is 53.3. The zero-order valence-corrected chi connectivity index (χ0v) is 63.4. The van der Waals surface area contributed by atoms with Crippen LogP contribution >= 0.6 is 15.9 Å². The maximum absolute atomic E-state index is 12.0. The third-order valence-electron chi connectivity index (χ3n) is 16.6. The highest BCUT2D eigenvalue weighted by Crippen LogP contribution is 2.24. The van der Waals surface area contributed by atoms with E-state index >= 15 is 0 Å². The SMILES string of the molecule is COCCBr.COCCON=C1CCN(C(=O)OCc2ccccc2)CC1.COCCON=C1CCNCC1.NO.Nc1nc2c(cnn2CCN2CCC(=NOCCCO)CC2)c2nc(-c3ccco3)nn12.O=C(OCc1ccccc1)N1CCC(=NO)CC1.O=C1CCN(C(=O)OCc2ccccc2)CC1. The molecule has 34 nitrogen and oxygen atoms in total. The number of rotatable bonds is 24. The quantitative estimate of drug-likeness (QED) is 0.0108. The molecular weight excluding hydrogens is 1470 g/mol. The van der Waals surface area contributed by atoms with E-state index in [9.17, 15) is 19.2 Å². The van der Waals surface area contributed by atoms with Crippen LogP contribution in [0.3, 0.4) is 0 Å². The van der Waals surface area contributed by atoms with Crippen molar-refractivity contribution in [1.29, 1.82) is 0 Å². The fraction of sp³-hybridized carbons (Fsp3) is 0.507. The number of methoxy groups -OCH3 is 3. The Hall–Kier alpha value is -9.72. The summed E-state index contributed by atoms with van der Waals surface area (Å²) in [6.45, 7) is 13.0. The zero-order chi connectivity index (χ0) is 77.2. The molecule has 8 N–H and O–H groups in total. The number of nitrogens with zero attached hydrogens (tertiary/aromatic N) is 14. The number of fused-ring (bicyclic) bond motifs is 3. The summed E-state index contributed by atoms with van der Waals surface area (Å²) in [5.41, 5.74) is 14.3. The van der Waals surface area contributed by atoms with Crippen molar-refractivity contribution in [2.45, 2.75) is 97.0 Å². The van der Waals surface area contributed by atoms with Gasteiger partial charge in [-0.15, -0.1) is 5.10 Å². The summed E-state index contributed by atoms with van der Waals surface area (Å²) < 4.78 is 38.8. The summed E-state index contributed by atoms with van der Waals surface area (Å²) in [7, 11) is 4.96. The number of ether oxygens (including phenoxy) is 6. The molecular formula is C73H104BrN17O17. The molecule has 0 spiro atoms. The van der Waals surface area contributed by atoms with Crippen LogP contribution in [0.4, 0.5) is 20.3 Å². The Morgan fingerprint density at radius 3 is 1.44 bits per heavy atom. The molecule has 3 amide bonds. The number of halogens is 1. The van der Waals surface area contributed by atoms with E-state index in [4.69, 9.17) is 63.9 Å². The monoisotopic (exact) mass is 1570 g/mol. The molecule has 5 fully saturated rings. The number of nitrogen functional groups attached to an aromatic ring is 1. The zero-order valence-electron chi connectivity index (χ0n) is 61.9. The Morgan fingerprint density at radius 2 is 1.01 bits per heavy atom. The van der Waals surface area contributed by atoms with Crippen LogP contribution in [0.1, 0.15) is 87.3 Å². The van der Waals surface area contributed by atoms with Crippen LogP contribution in [0, 0.1) is 0 Å². The van der Waals surface area contributed by atoms with Gasteiger partial charge in [0.1, 0.15) is 45.4 Å². The first kappa shape index (κ1) is 87.2. The van der Waals surface area contributed by atoms with Gasteiger partial charge in [0.25, 0.3) is 0 Å². The summed E-state index contributed by atoms with van der Waals surface area (Å²) in [6, 6.07) is 32.4. The van der Waals surface area contributed by atoms with Crippen LogP contribution in [0.15, 0.2) is 141 Å². The number of carbonyl (C=O) groups is 4. The molecule has 12 rings (SSSR count). The Kier molecular flexibility index (Phi) is 42.2. The highest BCUT2D eigenvalue weighted by molar-refractivity contribution is 9.09. The molecule has 0 radical (unpaired) electrons. The van der Waals surface area contributed by atoms with Crippen LogP contribution in [-0.2, 0) is 74.1 Å². The van der Waals surface area contributed by atoms with Crippen LogP contribution in [0.5, 0.6) is 0 Å². The molecule has 0 saturated carbocycles. The van der Waals surface area contributed by atoms with E-state index in [2.05, 4.69) is 77.6 Å². The lowest BCUT2D eigenvalue weighted by Crippen LogP contribution is -2.39. The second kappa shape index (κ2) is 52.3. The number of hydrogen-bond acceptors (Lipinski definition) is 29. The number of carbonyl (C=O) groups excluding carboxylic acids is 4. The van der Waals surface area contributed by atoms with Crippen molar-refractivity contribution in [1.82, 2.24) is 54.3 Å². The Balaban J connectivity index is 0.000000214. The van der Waals surface area contributed by atoms with Crippen LogP contribution < -0.4 is 16.9 Å². The molecule has 0 bridgehead atoms. The lowest BCUT2D eigenvalue weighted by atomic mass is 10.1. The molecule has 590 valence electrons. The average Bonchev–Trinajstić information content (AvgIpc) is 1.60. The fourth-order valence-electron chi connectivity index (χ4n) is 10.6. The number of aromatic nitrogens is 6. The van der Waals surface area contributed by atoms with E-state index in [1.807, 2.05) is 95.7 Å². The van der Waals surface area contributed by atoms with Crippen molar-refractivity contribution >= 4 is 85.5 Å². The number of nitrogens with one attached hydrogen (secondary N) is 1. The summed E-state index contributed by atoms with van der Waals surface area (Å²) >= 11 is 3.18. The van der Waals surface area contributed by atoms with Gasteiger partial charge in [0.15, 0.2) is 17.1 Å². The van der Waals surface area contributed by atoms with E-state index < -0.39 is 0 Å². The molecule has 5 saturated heterocycles. The predicted octanol–water partition coefficient (Wildman–Crippen LogP) is 8.59. The first-order chi connectivity index (χ1) is 52.9. The van der Waals surface area contributed by atoms with Crippen molar-refractivity contribution in [3.63, 3.8) is 0 Å². The topological polar surface area (TPSA) is 413 Å². The van der Waals surface area contributed by atoms with Gasteiger partial charge in [-0.2, -0.15) is 14.6 Å². The summed E-state index contributed by atoms with van der Waals surface area (Å²) in [6.07, 6.45) is 10.3. The maximum Gasteiger partial charge on any atom is 0.410 e. The standard InChI is InChI=1S/C20H25N9O3.C16H22N2O4.C13H16N2O3.C13H15NO3.C8H16N2O2.C3H7BrO.H3NO/c21-20-24-18-15(19-23-17(25-29(19)20)16-3-1-11-31-16)13-22-28(18)9-8-27-6-4-14(5-7-27)26-32-12-2-10-30;1-20-11-12-22-17-15-7-9-18(10-8-15)16(19)21-13-14-5-3-2-4-6-14;16-13(15-8-6-12(14-17)7-9-15)18-10-11-4-2-1-3-5-11;15-12-6-8-14(9-7-12)13(16)17-10-11-4-2-1-3-5-11;1-11-6-7-12-10-8-2-4-9-5-3-8;1-5-3-2-4;1-2/h1,3,11,13,30H,2,4-10,12H2,(H2,21,24);2-6H,7-13H2,1H3;1-5,17H,6-10H2;1-5H,6-10H2;9H,2-7H2,1H3;2-3H2,1H3;2H,1H2. The number of alkyl halides is 1. The van der Waals surface area contributed by atoms with Crippen LogP contribution in [0.2, 0.25) is 0 Å². The molecule has 35 heteroatoms. The normalized spacial score (nSPS) is 14.9. The average molecular weight is 1570 g/mol. The second-order valence-corrected chi connectivity index (χ2v) is 25.1. The van der Waals surface area contributed by atoms with Crippen molar-refractivity contribution in [3.05, 3.63) is 132 Å². The Bertz CT molecular complexity index is 3750. The van der Waals surface area contributed by atoms with Gasteiger partial charge in [0.05, 0.1) is 67.1 Å². The number of benzene rings is 3. The number of hydrogen-bond donors (Lipinski definition) is 6. The van der Waals surface area contributed by atoms with Gasteiger partial charge in [-0.3, -0.25) is 4.79 Å². The Labute approximate surface area is 636 Å². The number of ketones is 1. The number of likely N-dealkylation sites (tertiary alicyclic amines) is 4. The van der Waals surface area contributed by atoms with Crippen molar-refractivity contribution < 1.29 is 82.1 Å². The molecule has 4 aromatic heterocycles. The molecule has 9 heterocycles. The number of amides is 3. The van der Waals surface area contributed by atoms with Gasteiger partial charge in [-0.25, -0.2) is 29.9 Å². The van der Waals surface area contributed by atoms with Gasteiger partial charge < -0.3 is 93.5 Å². The number of nitrogens with two attached hydrogens (primary N) is 2. The van der Waals surface area contributed by atoms with E-state index in [1.54, 1.807) is 60.6 Å². The molecule has 0 atom stereocenters. The third kappa shape index (κ3) is 32.4. The van der Waals surface area contributed by atoms with E-state index in [1.165, 1.54) is 4.52 Å². The minimum absolute atomic E-state index is 0.120. The molecule has 3 aromatic carbocycles. The van der Waals surface area contributed by atoms with Gasteiger partial charge in [0.2, 0.25) is 11.8 Å². The van der Waals surface area contributed by atoms with E-state index in [-0.39, 0.29) is 49.8 Å². The largest absolute Gasteiger partial charge is 0.461 e. The third-order valence-corrected chi connectivity index (χ3v) is 17.0. The molecule has 108 heavy (non-hydrogen) atoms. The minimum Gasteiger partial charge on any atom is -0.461 e. The van der Waals surface area contributed by atoms with Gasteiger partial charge >= 0.3 is 18.3 Å². The highest BCUT2D eigenvalue weighted by atomic mass is 79.9. The number of piperidine rings is 5. The van der Waals surface area contributed by atoms with Crippen LogP contribution in [0.25, 0.3) is 28.3 Å². The predicted molar refractivity (Wildman–Crippen MR) is 408 cm³/mol. The molecule has 0 unspecified atom stereocenters. The van der Waals surface area contributed by atoms with E-state index in [0.29, 0.717) is 153 Å². The number of anilines is 1. The van der Waals surface area contributed by atoms with Crippen molar-refractivity contribution in [3.8, 4) is 11.6 Å². The first-order valence-electron chi connectivity index (χ1n) is 35.8. The molecule has 5 aliphatic heterocycles. The van der Waals surface area contributed by atoms with E-state index in [0.717, 1.165) is 115 Å². The maximum atomic E-state index is 12.0. The lowest BCUT2D eigenvalue weighted by Gasteiger charge is -2.27. The number of aliphatic hydroxyl groups is 1. The number of furan rings is 1. The summed E-state index contributed by atoms with van der Waals surface area (Å²) in [5.74, 6) is 4.99. The molecule has 5 aliphatic rings. The number of oxime groups is 4. The fourth-order valence-corrected chi connectivity index (χ4v) is 10.9. The van der Waals surface area contributed by atoms with Crippen molar-refractivity contribution in [2.24, 2.45) is 26.5 Å². The summed E-state index contributed by atoms with van der Waals surface area (Å²) in [4.78, 5) is 78.3.